The van der Waals surface area contributed by atoms with Gasteiger partial charge in [-0.3, -0.25) is 15.0 Å². The largest absolute Gasteiger partial charge is 0.461 e. The Morgan fingerprint density at radius 1 is 0.976 bits per heavy atom. The molecule has 2 bridgehead atoms. The lowest BCUT2D eigenvalue weighted by molar-refractivity contribution is 0.108. The predicted octanol–water partition coefficient (Wildman–Crippen LogP) is 4.81. The van der Waals surface area contributed by atoms with Gasteiger partial charge in [0.2, 0.25) is 0 Å². The van der Waals surface area contributed by atoms with Crippen molar-refractivity contribution in [3.05, 3.63) is 48.5 Å². The maximum atomic E-state index is 16.9. The van der Waals surface area contributed by atoms with Crippen molar-refractivity contribution < 1.29 is 9.13 Å². The number of hydrogen-bond acceptors (Lipinski definition) is 8. The van der Waals surface area contributed by atoms with E-state index in [0.29, 0.717) is 35.5 Å². The van der Waals surface area contributed by atoms with E-state index in [1.165, 1.54) is 12.8 Å². The fourth-order valence-electron chi connectivity index (χ4n) is 8.14. The van der Waals surface area contributed by atoms with E-state index in [0.717, 1.165) is 73.5 Å². The fourth-order valence-corrected chi connectivity index (χ4v) is 8.14. The lowest BCUT2D eigenvalue weighted by Gasteiger charge is -2.34. The fraction of sp³-hybridized carbons (Fsp3) is 0.438. The SMILES string of the molecule is Fc1c(-c2c3ccccc3cc3[nH]ncc23)ncc2c(N3CC4CCC(C3)N4)nc(OCC34CCCN3CCC4)nc12. The Hall–Kier alpha value is -3.89. The van der Waals surface area contributed by atoms with Gasteiger partial charge in [0.25, 0.3) is 0 Å². The number of halogens is 1. The Morgan fingerprint density at radius 2 is 1.79 bits per heavy atom. The lowest BCUT2D eigenvalue weighted by Crippen LogP contribution is -2.51. The van der Waals surface area contributed by atoms with Gasteiger partial charge < -0.3 is 15.0 Å². The summed E-state index contributed by atoms with van der Waals surface area (Å²) >= 11 is 0. The quantitative estimate of drug-likeness (QED) is 0.314. The number of piperazine rings is 1. The van der Waals surface area contributed by atoms with Crippen LogP contribution in [0.1, 0.15) is 38.5 Å². The molecule has 4 aliphatic rings. The van der Waals surface area contributed by atoms with E-state index in [1.807, 2.05) is 30.3 Å². The minimum atomic E-state index is -0.459. The maximum Gasteiger partial charge on any atom is 0.319 e. The van der Waals surface area contributed by atoms with Crippen LogP contribution in [0.25, 0.3) is 43.8 Å². The van der Waals surface area contributed by atoms with Crippen LogP contribution in [-0.4, -0.2) is 80.5 Å². The second-order valence-corrected chi connectivity index (χ2v) is 12.6. The molecule has 4 aliphatic heterocycles. The van der Waals surface area contributed by atoms with Crippen molar-refractivity contribution in [2.45, 2.75) is 56.1 Å². The molecule has 0 saturated carbocycles. The van der Waals surface area contributed by atoms with E-state index < -0.39 is 5.82 Å². The molecule has 0 amide bonds. The van der Waals surface area contributed by atoms with Gasteiger partial charge >= 0.3 is 6.01 Å². The summed E-state index contributed by atoms with van der Waals surface area (Å²) < 4.78 is 23.3. The molecule has 2 N–H and O–H groups in total. The second-order valence-electron chi connectivity index (χ2n) is 12.6. The first-order chi connectivity index (χ1) is 20.6. The molecule has 3 aromatic heterocycles. The zero-order chi connectivity index (χ0) is 27.8. The van der Waals surface area contributed by atoms with Crippen LogP contribution in [0, 0.1) is 5.82 Å². The lowest BCUT2D eigenvalue weighted by atomic mass is 9.95. The van der Waals surface area contributed by atoms with Crippen molar-refractivity contribution in [3.63, 3.8) is 0 Å². The molecule has 10 heteroatoms. The van der Waals surface area contributed by atoms with Gasteiger partial charge in [0.05, 0.1) is 22.6 Å². The molecule has 7 heterocycles. The molecule has 9 nitrogen and oxygen atoms in total. The Kier molecular flexibility index (Phi) is 5.47. The molecule has 42 heavy (non-hydrogen) atoms. The summed E-state index contributed by atoms with van der Waals surface area (Å²) in [4.78, 5) is 19.3. The van der Waals surface area contributed by atoms with Gasteiger partial charge in [-0.05, 0) is 68.5 Å². The van der Waals surface area contributed by atoms with Crippen molar-refractivity contribution in [3.8, 4) is 17.3 Å². The van der Waals surface area contributed by atoms with Crippen LogP contribution in [0.5, 0.6) is 6.01 Å². The standard InChI is InChI=1S/C32H33FN8O/c33-27-28-24(14-34-29(27)26-22-6-2-1-5-19(22)13-25-23(26)15-35-39-25)30(40-16-20-7-8-21(17-40)36-20)38-31(37-28)42-18-32-9-3-11-41(32)12-4-10-32/h1-2,5-6,13-15,20-21,36H,3-4,7-12,16-18H2,(H,35,39). The molecule has 4 saturated heterocycles. The molecule has 2 unspecified atom stereocenters. The van der Waals surface area contributed by atoms with Crippen molar-refractivity contribution in [1.29, 1.82) is 0 Å². The highest BCUT2D eigenvalue weighted by Crippen LogP contribution is 2.41. The number of aromatic nitrogens is 5. The number of aromatic amines is 1. The molecular weight excluding hydrogens is 531 g/mol. The van der Waals surface area contributed by atoms with Crippen molar-refractivity contribution >= 4 is 38.4 Å². The number of anilines is 1. The van der Waals surface area contributed by atoms with Crippen LogP contribution >= 0.6 is 0 Å². The molecule has 2 atom stereocenters. The van der Waals surface area contributed by atoms with Crippen molar-refractivity contribution in [1.82, 2.24) is 35.4 Å². The number of H-pyrrole nitrogens is 1. The average molecular weight is 565 g/mol. The monoisotopic (exact) mass is 564 g/mol. The number of pyridine rings is 1. The average Bonchev–Trinajstić information content (AvgIpc) is 3.79. The minimum absolute atomic E-state index is 0.0461. The third-order valence-electron chi connectivity index (χ3n) is 10.1. The van der Waals surface area contributed by atoms with E-state index in [9.17, 15) is 0 Å². The van der Waals surface area contributed by atoms with Gasteiger partial charge in [-0.25, -0.2) is 4.39 Å². The molecule has 0 aliphatic carbocycles. The van der Waals surface area contributed by atoms with Crippen LogP contribution in [-0.2, 0) is 0 Å². The van der Waals surface area contributed by atoms with Crippen LogP contribution in [0.15, 0.2) is 42.7 Å². The van der Waals surface area contributed by atoms with Crippen LogP contribution in [0.4, 0.5) is 10.2 Å². The van der Waals surface area contributed by atoms with Crippen LogP contribution < -0.4 is 15.0 Å². The Bertz CT molecular complexity index is 1830. The first-order valence-electron chi connectivity index (χ1n) is 15.3. The number of fused-ring (bicyclic) bond motifs is 6. The Balaban J connectivity index is 1.21. The number of rotatable bonds is 5. The zero-order valence-electron chi connectivity index (χ0n) is 23.4. The molecule has 5 aromatic rings. The number of hydrogen-bond donors (Lipinski definition) is 2. The van der Waals surface area contributed by atoms with Crippen molar-refractivity contribution in [2.24, 2.45) is 0 Å². The van der Waals surface area contributed by atoms with Gasteiger partial charge in [-0.1, -0.05) is 24.3 Å². The smallest absolute Gasteiger partial charge is 0.319 e. The number of ether oxygens (including phenoxy) is 1. The second kappa shape index (κ2) is 9.31. The highest BCUT2D eigenvalue weighted by atomic mass is 19.1. The maximum absolute atomic E-state index is 16.9. The highest BCUT2D eigenvalue weighted by Gasteiger charge is 2.45. The summed E-state index contributed by atoms with van der Waals surface area (Å²) in [5.41, 5.74) is 2.11. The zero-order valence-corrected chi connectivity index (χ0v) is 23.4. The van der Waals surface area contributed by atoms with Gasteiger partial charge in [0, 0.05) is 42.3 Å². The minimum Gasteiger partial charge on any atom is -0.461 e. The summed E-state index contributed by atoms with van der Waals surface area (Å²) in [5, 5.41) is 14.4. The molecular formula is C32H33FN8O. The summed E-state index contributed by atoms with van der Waals surface area (Å²) in [6, 6.07) is 11.1. The van der Waals surface area contributed by atoms with E-state index in [1.54, 1.807) is 12.4 Å². The van der Waals surface area contributed by atoms with Gasteiger partial charge in [0.15, 0.2) is 5.82 Å². The third-order valence-corrected chi connectivity index (χ3v) is 10.1. The van der Waals surface area contributed by atoms with Gasteiger partial charge in [-0.2, -0.15) is 15.1 Å². The number of benzene rings is 2. The number of nitrogens with zero attached hydrogens (tertiary/aromatic N) is 6. The van der Waals surface area contributed by atoms with Crippen LogP contribution in [0.3, 0.4) is 0 Å². The van der Waals surface area contributed by atoms with Gasteiger partial charge in [0.1, 0.15) is 23.6 Å². The molecule has 4 fully saturated rings. The first kappa shape index (κ1) is 24.7. The highest BCUT2D eigenvalue weighted by molar-refractivity contribution is 6.11. The Labute approximate surface area is 242 Å². The summed E-state index contributed by atoms with van der Waals surface area (Å²) in [5.74, 6) is 0.254. The summed E-state index contributed by atoms with van der Waals surface area (Å²) in [7, 11) is 0. The van der Waals surface area contributed by atoms with E-state index in [4.69, 9.17) is 19.7 Å². The molecule has 214 valence electrons. The van der Waals surface area contributed by atoms with E-state index in [-0.39, 0.29) is 22.8 Å². The molecule has 0 radical (unpaired) electrons. The van der Waals surface area contributed by atoms with Crippen LogP contribution in [0.2, 0.25) is 0 Å². The van der Waals surface area contributed by atoms with Gasteiger partial charge in [-0.15, -0.1) is 0 Å². The molecule has 0 spiro atoms. The first-order valence-corrected chi connectivity index (χ1v) is 15.3. The Morgan fingerprint density at radius 3 is 2.62 bits per heavy atom. The predicted molar refractivity (Wildman–Crippen MR) is 160 cm³/mol. The van der Waals surface area contributed by atoms with E-state index >= 15 is 4.39 Å². The third kappa shape index (κ3) is 3.74. The molecule has 9 rings (SSSR count). The summed E-state index contributed by atoms with van der Waals surface area (Å²) in [6.07, 6.45) is 10.4. The number of nitrogens with one attached hydrogen (secondary N) is 2. The summed E-state index contributed by atoms with van der Waals surface area (Å²) in [6.45, 7) is 4.41. The topological polar surface area (TPSA) is 95.1 Å². The normalized spacial score (nSPS) is 23.4. The van der Waals surface area contributed by atoms with Crippen molar-refractivity contribution in [2.75, 3.05) is 37.7 Å². The van der Waals surface area contributed by atoms with E-state index in [2.05, 4.69) is 25.3 Å². The molecule has 2 aromatic carbocycles.